The van der Waals surface area contributed by atoms with Crippen molar-refractivity contribution in [1.29, 1.82) is 0 Å². The van der Waals surface area contributed by atoms with Crippen LogP contribution >= 0.6 is 0 Å². The lowest BCUT2D eigenvalue weighted by Crippen LogP contribution is -2.22. The van der Waals surface area contributed by atoms with Crippen molar-refractivity contribution in [3.63, 3.8) is 0 Å². The normalized spacial score (nSPS) is 12.7. The van der Waals surface area contributed by atoms with Crippen molar-refractivity contribution >= 4 is 22.8 Å². The van der Waals surface area contributed by atoms with Gasteiger partial charge in [-0.15, -0.1) is 0 Å². The number of nitrogens with one attached hydrogen (secondary N) is 1. The number of nitrogens with two attached hydrogens (primary N) is 1. The number of hydrogen-bond acceptors (Lipinski definition) is 5. The van der Waals surface area contributed by atoms with Gasteiger partial charge in [-0.05, 0) is 31.2 Å². The topological polar surface area (TPSA) is 81.9 Å². The highest BCUT2D eigenvalue weighted by Gasteiger charge is 2.09. The van der Waals surface area contributed by atoms with E-state index in [0.717, 1.165) is 17.6 Å². The maximum Gasteiger partial charge on any atom is 0.295 e. The van der Waals surface area contributed by atoms with Gasteiger partial charge in [0.15, 0.2) is 5.58 Å². The summed E-state index contributed by atoms with van der Waals surface area (Å²) < 4.78 is 7.46. The van der Waals surface area contributed by atoms with Crippen molar-refractivity contribution in [2.45, 2.75) is 19.5 Å². The summed E-state index contributed by atoms with van der Waals surface area (Å²) >= 11 is 0. The minimum atomic E-state index is 0.158. The standard InChI is InChI=1S/C13H15N5O/c1-9(8-18-6-2-5-15-18)16-13-17-11-7-10(14)3-4-12(11)19-13/h2-7,9H,8,14H2,1H3,(H,16,17). The third-order valence-corrected chi connectivity index (χ3v) is 2.80. The van der Waals surface area contributed by atoms with Crippen LogP contribution in [0.1, 0.15) is 6.92 Å². The second kappa shape index (κ2) is 4.64. The highest BCUT2D eigenvalue weighted by molar-refractivity contribution is 5.78. The quantitative estimate of drug-likeness (QED) is 0.699. The minimum Gasteiger partial charge on any atom is -0.424 e. The van der Waals surface area contributed by atoms with Gasteiger partial charge in [-0.3, -0.25) is 4.68 Å². The summed E-state index contributed by atoms with van der Waals surface area (Å²) in [6.07, 6.45) is 3.68. The maximum atomic E-state index is 5.71. The van der Waals surface area contributed by atoms with E-state index in [1.165, 1.54) is 0 Å². The van der Waals surface area contributed by atoms with Gasteiger partial charge in [0.25, 0.3) is 6.01 Å². The molecule has 98 valence electrons. The molecule has 6 nitrogen and oxygen atoms in total. The van der Waals surface area contributed by atoms with E-state index in [1.807, 2.05) is 29.9 Å². The van der Waals surface area contributed by atoms with E-state index in [-0.39, 0.29) is 6.04 Å². The molecule has 0 saturated carbocycles. The second-order valence-electron chi connectivity index (χ2n) is 4.52. The lowest BCUT2D eigenvalue weighted by Gasteiger charge is -2.11. The van der Waals surface area contributed by atoms with Crippen LogP contribution in [0.5, 0.6) is 0 Å². The first kappa shape index (κ1) is 11.6. The highest BCUT2D eigenvalue weighted by Crippen LogP contribution is 2.21. The summed E-state index contributed by atoms with van der Waals surface area (Å²) in [5.74, 6) is 0. The molecule has 0 radical (unpaired) electrons. The van der Waals surface area contributed by atoms with E-state index in [1.54, 1.807) is 18.3 Å². The average molecular weight is 257 g/mol. The number of fused-ring (bicyclic) bond motifs is 1. The third kappa shape index (κ3) is 2.52. The molecule has 6 heteroatoms. The Morgan fingerprint density at radius 3 is 3.16 bits per heavy atom. The van der Waals surface area contributed by atoms with E-state index in [2.05, 4.69) is 15.4 Å². The number of anilines is 2. The summed E-state index contributed by atoms with van der Waals surface area (Å²) in [7, 11) is 0. The van der Waals surface area contributed by atoms with Crippen LogP contribution in [0.2, 0.25) is 0 Å². The zero-order valence-electron chi connectivity index (χ0n) is 10.6. The van der Waals surface area contributed by atoms with Gasteiger partial charge in [0.2, 0.25) is 0 Å². The fraction of sp³-hybridized carbons (Fsp3) is 0.231. The Morgan fingerprint density at radius 2 is 2.37 bits per heavy atom. The summed E-state index contributed by atoms with van der Waals surface area (Å²) in [4.78, 5) is 4.36. The average Bonchev–Trinajstić information content (AvgIpc) is 2.97. The highest BCUT2D eigenvalue weighted by atomic mass is 16.4. The lowest BCUT2D eigenvalue weighted by molar-refractivity contribution is 0.535. The monoisotopic (exact) mass is 257 g/mol. The Labute approximate surface area is 110 Å². The molecule has 1 atom stereocenters. The molecule has 0 fully saturated rings. The molecule has 2 heterocycles. The number of oxazole rings is 1. The van der Waals surface area contributed by atoms with Gasteiger partial charge in [-0.25, -0.2) is 0 Å². The molecular formula is C13H15N5O. The van der Waals surface area contributed by atoms with Gasteiger partial charge in [-0.1, -0.05) is 0 Å². The number of aromatic nitrogens is 3. The van der Waals surface area contributed by atoms with Gasteiger partial charge in [0.05, 0.1) is 6.54 Å². The SMILES string of the molecule is CC(Cn1cccn1)Nc1nc2cc(N)ccc2o1. The molecule has 0 amide bonds. The maximum absolute atomic E-state index is 5.71. The predicted molar refractivity (Wildman–Crippen MR) is 73.7 cm³/mol. The van der Waals surface area contributed by atoms with Crippen LogP contribution in [0.4, 0.5) is 11.7 Å². The van der Waals surface area contributed by atoms with Crippen LogP contribution in [-0.4, -0.2) is 20.8 Å². The van der Waals surface area contributed by atoms with Crippen LogP contribution in [0.15, 0.2) is 41.1 Å². The Hall–Kier alpha value is -2.50. The molecular weight excluding hydrogens is 242 g/mol. The smallest absolute Gasteiger partial charge is 0.295 e. The lowest BCUT2D eigenvalue weighted by atomic mass is 10.3. The molecule has 2 aromatic heterocycles. The zero-order valence-corrected chi connectivity index (χ0v) is 10.6. The first-order valence-electron chi connectivity index (χ1n) is 6.11. The van der Waals surface area contributed by atoms with Crippen molar-refractivity contribution in [3.8, 4) is 0 Å². The number of hydrogen-bond donors (Lipinski definition) is 2. The summed E-state index contributed by atoms with van der Waals surface area (Å²) in [6.45, 7) is 2.79. The van der Waals surface area contributed by atoms with Gasteiger partial charge in [0, 0.05) is 24.1 Å². The zero-order chi connectivity index (χ0) is 13.2. The summed E-state index contributed by atoms with van der Waals surface area (Å²) in [5.41, 5.74) is 7.87. The minimum absolute atomic E-state index is 0.158. The number of rotatable bonds is 4. The largest absolute Gasteiger partial charge is 0.424 e. The Bertz CT molecular complexity index is 673. The molecule has 0 aliphatic carbocycles. The van der Waals surface area contributed by atoms with Crippen molar-refractivity contribution in [1.82, 2.24) is 14.8 Å². The van der Waals surface area contributed by atoms with E-state index in [0.29, 0.717) is 11.7 Å². The second-order valence-corrected chi connectivity index (χ2v) is 4.52. The molecule has 1 unspecified atom stereocenters. The van der Waals surface area contributed by atoms with Crippen LogP contribution in [0.25, 0.3) is 11.1 Å². The first-order chi connectivity index (χ1) is 9.20. The fourth-order valence-corrected chi connectivity index (χ4v) is 1.95. The fourth-order valence-electron chi connectivity index (χ4n) is 1.95. The van der Waals surface area contributed by atoms with Crippen LogP contribution in [0.3, 0.4) is 0 Å². The summed E-state index contributed by atoms with van der Waals surface area (Å²) in [5, 5.41) is 7.37. The van der Waals surface area contributed by atoms with Crippen LogP contribution in [0, 0.1) is 0 Å². The molecule has 3 N–H and O–H groups in total. The van der Waals surface area contributed by atoms with E-state index in [4.69, 9.17) is 10.2 Å². The van der Waals surface area contributed by atoms with E-state index >= 15 is 0 Å². The van der Waals surface area contributed by atoms with Gasteiger partial charge >= 0.3 is 0 Å². The number of benzene rings is 1. The Morgan fingerprint density at radius 1 is 1.47 bits per heavy atom. The van der Waals surface area contributed by atoms with Crippen molar-refractivity contribution < 1.29 is 4.42 Å². The number of nitrogen functional groups attached to an aromatic ring is 1. The van der Waals surface area contributed by atoms with Crippen LogP contribution < -0.4 is 11.1 Å². The summed E-state index contributed by atoms with van der Waals surface area (Å²) in [6, 6.07) is 7.97. The van der Waals surface area contributed by atoms with Gasteiger partial charge in [0.1, 0.15) is 5.52 Å². The first-order valence-corrected chi connectivity index (χ1v) is 6.11. The Balaban J connectivity index is 1.74. The molecule has 0 spiro atoms. The van der Waals surface area contributed by atoms with Gasteiger partial charge in [-0.2, -0.15) is 10.1 Å². The molecule has 0 aliphatic rings. The van der Waals surface area contributed by atoms with Crippen molar-refractivity contribution in [2.24, 2.45) is 0 Å². The molecule has 3 aromatic rings. The molecule has 0 bridgehead atoms. The van der Waals surface area contributed by atoms with Crippen molar-refractivity contribution in [3.05, 3.63) is 36.7 Å². The predicted octanol–water partition coefficient (Wildman–Crippen LogP) is 2.11. The van der Waals surface area contributed by atoms with Crippen molar-refractivity contribution in [2.75, 3.05) is 11.1 Å². The number of nitrogens with zero attached hydrogens (tertiary/aromatic N) is 3. The third-order valence-electron chi connectivity index (χ3n) is 2.80. The van der Waals surface area contributed by atoms with Gasteiger partial charge < -0.3 is 15.5 Å². The van der Waals surface area contributed by atoms with E-state index < -0.39 is 0 Å². The Kier molecular flexibility index (Phi) is 2.83. The molecule has 1 aromatic carbocycles. The molecule has 0 aliphatic heterocycles. The van der Waals surface area contributed by atoms with Crippen LogP contribution in [-0.2, 0) is 6.54 Å². The van der Waals surface area contributed by atoms with E-state index in [9.17, 15) is 0 Å². The molecule has 3 rings (SSSR count). The molecule has 0 saturated heterocycles. The molecule has 19 heavy (non-hydrogen) atoms.